The number of likely N-dealkylation sites (tertiary alicyclic amines) is 1. The first-order valence-electron chi connectivity index (χ1n) is 9.36. The molecule has 2 fully saturated rings. The van der Waals surface area contributed by atoms with Gasteiger partial charge >= 0.3 is 0 Å². The molecular weight excluding hydrogens is 300 g/mol. The summed E-state index contributed by atoms with van der Waals surface area (Å²) in [6.07, 6.45) is 5.65. The normalized spacial score (nSPS) is 22.7. The van der Waals surface area contributed by atoms with Crippen molar-refractivity contribution in [3.05, 3.63) is 35.9 Å². The average molecular weight is 330 g/mol. The van der Waals surface area contributed by atoms with Crippen LogP contribution in [0.15, 0.2) is 30.3 Å². The smallest absolute Gasteiger partial charge is 0.237 e. The van der Waals surface area contributed by atoms with Gasteiger partial charge in [-0.1, -0.05) is 36.8 Å². The molecule has 2 aliphatic heterocycles. The number of carbonyl (C=O) groups excluding carboxylic acids is 1. The minimum absolute atomic E-state index is 0.0107. The summed E-state index contributed by atoms with van der Waals surface area (Å²) in [5.74, 6) is 0.165. The lowest BCUT2D eigenvalue weighted by Crippen LogP contribution is -2.51. The first-order valence-corrected chi connectivity index (χ1v) is 9.36. The molecule has 2 aliphatic rings. The fourth-order valence-corrected chi connectivity index (χ4v) is 4.00. The van der Waals surface area contributed by atoms with Crippen LogP contribution in [0.3, 0.4) is 0 Å². The summed E-state index contributed by atoms with van der Waals surface area (Å²) in [6.45, 7) is 6.38. The Labute approximate surface area is 145 Å². The van der Waals surface area contributed by atoms with Crippen molar-refractivity contribution in [1.29, 1.82) is 0 Å². The van der Waals surface area contributed by atoms with Crippen molar-refractivity contribution in [1.82, 2.24) is 10.2 Å². The quantitative estimate of drug-likeness (QED) is 0.902. The summed E-state index contributed by atoms with van der Waals surface area (Å²) in [7, 11) is 0. The number of piperidine rings is 1. The average Bonchev–Trinajstić information content (AvgIpc) is 2.67. The highest BCUT2D eigenvalue weighted by molar-refractivity contribution is 5.81. The van der Waals surface area contributed by atoms with Crippen LogP contribution in [0.2, 0.25) is 0 Å². The van der Waals surface area contributed by atoms with Gasteiger partial charge in [0.2, 0.25) is 5.91 Å². The number of hydrogen-bond acceptors (Lipinski definition) is 3. The molecule has 1 aromatic rings. The summed E-state index contributed by atoms with van der Waals surface area (Å²) in [4.78, 5) is 15.0. The Balaban J connectivity index is 1.64. The van der Waals surface area contributed by atoms with Crippen LogP contribution in [-0.2, 0) is 14.9 Å². The molecule has 0 aliphatic carbocycles. The molecule has 2 saturated heterocycles. The number of carbonyl (C=O) groups is 1. The molecule has 0 aromatic heterocycles. The van der Waals surface area contributed by atoms with Crippen molar-refractivity contribution in [2.45, 2.75) is 50.5 Å². The molecule has 2 heterocycles. The summed E-state index contributed by atoms with van der Waals surface area (Å²) in [6, 6.07) is 10.6. The minimum Gasteiger partial charge on any atom is -0.381 e. The highest BCUT2D eigenvalue weighted by Gasteiger charge is 2.35. The molecule has 1 aromatic carbocycles. The van der Waals surface area contributed by atoms with Crippen LogP contribution in [0.4, 0.5) is 0 Å². The second-order valence-electron chi connectivity index (χ2n) is 7.25. The van der Waals surface area contributed by atoms with Crippen molar-refractivity contribution >= 4 is 5.91 Å². The van der Waals surface area contributed by atoms with Gasteiger partial charge in [0, 0.05) is 25.2 Å². The predicted molar refractivity (Wildman–Crippen MR) is 96.1 cm³/mol. The highest BCUT2D eigenvalue weighted by Crippen LogP contribution is 2.34. The molecule has 1 amide bonds. The zero-order valence-electron chi connectivity index (χ0n) is 14.8. The lowest BCUT2D eigenvalue weighted by atomic mass is 9.74. The van der Waals surface area contributed by atoms with Crippen LogP contribution in [0.25, 0.3) is 0 Å². The van der Waals surface area contributed by atoms with E-state index in [0.29, 0.717) is 6.54 Å². The number of benzene rings is 1. The SMILES string of the molecule is C[C@H](C(=O)NCC1(c2ccccc2)CCOCC1)N1CCCCC1. The molecule has 24 heavy (non-hydrogen) atoms. The largest absolute Gasteiger partial charge is 0.381 e. The Kier molecular flexibility index (Phi) is 5.90. The third-order valence-corrected chi connectivity index (χ3v) is 5.75. The molecule has 0 bridgehead atoms. The van der Waals surface area contributed by atoms with Gasteiger partial charge in [0.1, 0.15) is 0 Å². The Morgan fingerprint density at radius 1 is 1.17 bits per heavy atom. The van der Waals surface area contributed by atoms with Crippen molar-refractivity contribution in [2.24, 2.45) is 0 Å². The van der Waals surface area contributed by atoms with Crippen molar-refractivity contribution in [3.63, 3.8) is 0 Å². The minimum atomic E-state index is -0.0297. The molecule has 0 saturated carbocycles. The summed E-state index contributed by atoms with van der Waals surface area (Å²) >= 11 is 0. The Morgan fingerprint density at radius 3 is 2.50 bits per heavy atom. The van der Waals surface area contributed by atoms with Crippen LogP contribution >= 0.6 is 0 Å². The van der Waals surface area contributed by atoms with Gasteiger partial charge in [0.25, 0.3) is 0 Å². The number of nitrogens with one attached hydrogen (secondary N) is 1. The molecule has 3 rings (SSSR count). The van der Waals surface area contributed by atoms with Gasteiger partial charge < -0.3 is 10.1 Å². The first-order chi connectivity index (χ1) is 11.7. The standard InChI is InChI=1S/C20H30N2O2/c1-17(22-12-6-3-7-13-22)19(23)21-16-20(10-14-24-15-11-20)18-8-4-2-5-9-18/h2,4-5,8-9,17H,3,6-7,10-16H2,1H3,(H,21,23)/t17-/m1/s1. The van der Waals surface area contributed by atoms with E-state index in [-0.39, 0.29) is 17.4 Å². The molecule has 1 atom stereocenters. The summed E-state index contributed by atoms with van der Waals surface area (Å²) in [5, 5.41) is 3.25. The van der Waals surface area contributed by atoms with Crippen molar-refractivity contribution in [2.75, 3.05) is 32.8 Å². The lowest BCUT2D eigenvalue weighted by Gasteiger charge is -2.39. The van der Waals surface area contributed by atoms with Gasteiger partial charge in [0.15, 0.2) is 0 Å². The number of ether oxygens (including phenoxy) is 1. The van der Waals surface area contributed by atoms with Gasteiger partial charge in [-0.25, -0.2) is 0 Å². The molecule has 0 spiro atoms. The molecule has 1 N–H and O–H groups in total. The van der Waals surface area contributed by atoms with E-state index in [1.165, 1.54) is 24.8 Å². The fourth-order valence-electron chi connectivity index (χ4n) is 4.00. The third-order valence-electron chi connectivity index (χ3n) is 5.75. The van der Waals surface area contributed by atoms with E-state index in [4.69, 9.17) is 4.74 Å². The van der Waals surface area contributed by atoms with Gasteiger partial charge in [-0.3, -0.25) is 9.69 Å². The zero-order valence-corrected chi connectivity index (χ0v) is 14.8. The zero-order chi connectivity index (χ0) is 16.8. The van der Waals surface area contributed by atoms with E-state index in [1.807, 2.05) is 13.0 Å². The molecule has 0 radical (unpaired) electrons. The highest BCUT2D eigenvalue weighted by atomic mass is 16.5. The van der Waals surface area contributed by atoms with E-state index in [0.717, 1.165) is 39.1 Å². The molecule has 0 unspecified atom stereocenters. The maximum atomic E-state index is 12.7. The van der Waals surface area contributed by atoms with Gasteiger partial charge in [-0.15, -0.1) is 0 Å². The van der Waals surface area contributed by atoms with Crippen LogP contribution < -0.4 is 5.32 Å². The van der Waals surface area contributed by atoms with Crippen LogP contribution in [-0.4, -0.2) is 49.7 Å². The van der Waals surface area contributed by atoms with E-state index in [9.17, 15) is 4.79 Å². The maximum absolute atomic E-state index is 12.7. The number of amides is 1. The second kappa shape index (κ2) is 8.13. The molecule has 132 valence electrons. The molecule has 4 nitrogen and oxygen atoms in total. The predicted octanol–water partition coefficient (Wildman–Crippen LogP) is 2.73. The topological polar surface area (TPSA) is 41.6 Å². The van der Waals surface area contributed by atoms with E-state index < -0.39 is 0 Å². The Morgan fingerprint density at radius 2 is 1.83 bits per heavy atom. The van der Waals surface area contributed by atoms with Gasteiger partial charge in [-0.2, -0.15) is 0 Å². The van der Waals surface area contributed by atoms with Crippen LogP contribution in [0, 0.1) is 0 Å². The number of nitrogens with zero attached hydrogens (tertiary/aromatic N) is 1. The van der Waals surface area contributed by atoms with E-state index in [2.05, 4.69) is 34.5 Å². The monoisotopic (exact) mass is 330 g/mol. The molecule has 4 heteroatoms. The van der Waals surface area contributed by atoms with Gasteiger partial charge in [0.05, 0.1) is 6.04 Å². The summed E-state index contributed by atoms with van der Waals surface area (Å²) < 4.78 is 5.57. The third kappa shape index (κ3) is 3.98. The second-order valence-corrected chi connectivity index (χ2v) is 7.25. The van der Waals surface area contributed by atoms with E-state index >= 15 is 0 Å². The number of hydrogen-bond donors (Lipinski definition) is 1. The number of rotatable bonds is 5. The lowest BCUT2D eigenvalue weighted by molar-refractivity contribution is -0.126. The maximum Gasteiger partial charge on any atom is 0.237 e. The summed E-state index contributed by atoms with van der Waals surface area (Å²) in [5.41, 5.74) is 1.33. The van der Waals surface area contributed by atoms with Crippen molar-refractivity contribution < 1.29 is 9.53 Å². The molecular formula is C20H30N2O2. The van der Waals surface area contributed by atoms with Crippen LogP contribution in [0.5, 0.6) is 0 Å². The Bertz CT molecular complexity index is 520. The first kappa shape index (κ1) is 17.4. The van der Waals surface area contributed by atoms with Gasteiger partial charge in [-0.05, 0) is 51.3 Å². The Hall–Kier alpha value is -1.39. The van der Waals surface area contributed by atoms with Crippen molar-refractivity contribution in [3.8, 4) is 0 Å². The van der Waals surface area contributed by atoms with E-state index in [1.54, 1.807) is 0 Å². The van der Waals surface area contributed by atoms with Crippen LogP contribution in [0.1, 0.15) is 44.6 Å². The fraction of sp³-hybridized carbons (Fsp3) is 0.650.